The second kappa shape index (κ2) is 7.56. The van der Waals surface area contributed by atoms with Crippen LogP contribution in [0.4, 0.5) is 18.9 Å². The molecule has 1 aliphatic rings. The van der Waals surface area contributed by atoms with Gasteiger partial charge in [-0.25, -0.2) is 0 Å². The van der Waals surface area contributed by atoms with Gasteiger partial charge in [0.05, 0.1) is 17.4 Å². The molecule has 0 aliphatic carbocycles. The number of carbonyl (C=O) groups excluding carboxylic acids is 3. The fourth-order valence-corrected chi connectivity index (χ4v) is 2.93. The Bertz CT molecular complexity index is 651. The zero-order chi connectivity index (χ0) is 17.7. The first-order valence-corrected chi connectivity index (χ1v) is 7.68. The van der Waals surface area contributed by atoms with Gasteiger partial charge in [-0.15, -0.1) is 11.8 Å². The number of thioether (sulfide) groups is 1. The Kier molecular flexibility index (Phi) is 5.71. The van der Waals surface area contributed by atoms with E-state index in [9.17, 15) is 27.6 Å². The second-order valence-electron chi connectivity index (χ2n) is 4.85. The summed E-state index contributed by atoms with van der Waals surface area (Å²) in [5.41, 5.74) is 0.642. The van der Waals surface area contributed by atoms with Gasteiger partial charge in [-0.1, -0.05) is 12.1 Å². The number of amides is 2. The molecule has 2 N–H and O–H groups in total. The van der Waals surface area contributed by atoms with Crippen molar-refractivity contribution in [3.05, 3.63) is 24.3 Å². The number of hydrogen-bond donors (Lipinski definition) is 2. The molecular formula is C14H13F3N2O4S. The fourth-order valence-electron chi connectivity index (χ4n) is 1.83. The van der Waals surface area contributed by atoms with Crippen LogP contribution in [-0.4, -0.2) is 42.4 Å². The van der Waals surface area contributed by atoms with Gasteiger partial charge in [-0.05, 0) is 12.1 Å². The quantitative estimate of drug-likeness (QED) is 0.779. The number of hydrogen-bond acceptors (Lipinski definition) is 5. The molecule has 0 bridgehead atoms. The van der Waals surface area contributed by atoms with Gasteiger partial charge in [0.1, 0.15) is 6.54 Å². The van der Waals surface area contributed by atoms with Crippen molar-refractivity contribution in [2.24, 2.45) is 0 Å². The molecule has 0 fully saturated rings. The van der Waals surface area contributed by atoms with Crippen molar-refractivity contribution in [3.8, 4) is 0 Å². The van der Waals surface area contributed by atoms with Crippen molar-refractivity contribution in [2.45, 2.75) is 22.7 Å². The van der Waals surface area contributed by atoms with E-state index < -0.39 is 36.5 Å². The first-order chi connectivity index (χ1) is 11.2. The lowest BCUT2D eigenvalue weighted by atomic mass is 10.2. The Labute approximate surface area is 139 Å². The third-order valence-electron chi connectivity index (χ3n) is 2.91. The average Bonchev–Trinajstić information content (AvgIpc) is 2.51. The van der Waals surface area contributed by atoms with E-state index in [1.807, 2.05) is 0 Å². The van der Waals surface area contributed by atoms with Crippen molar-refractivity contribution < 1.29 is 32.3 Å². The fraction of sp³-hybridized carbons (Fsp3) is 0.357. The molecule has 0 spiro atoms. The summed E-state index contributed by atoms with van der Waals surface area (Å²) in [7, 11) is 0. The monoisotopic (exact) mass is 362 g/mol. The van der Waals surface area contributed by atoms with Gasteiger partial charge in [0.25, 0.3) is 5.91 Å². The van der Waals surface area contributed by atoms with Crippen LogP contribution in [0.15, 0.2) is 29.2 Å². The van der Waals surface area contributed by atoms with Crippen molar-refractivity contribution >= 4 is 35.2 Å². The number of nitrogens with one attached hydrogen (secondary N) is 2. The molecule has 24 heavy (non-hydrogen) atoms. The summed E-state index contributed by atoms with van der Waals surface area (Å²) in [4.78, 5) is 35.5. The third-order valence-corrected chi connectivity index (χ3v) is 4.18. The number of anilines is 1. The SMILES string of the molecule is O=C(COC(=O)C[C@H]1Sc2ccccc2NC1=O)NCC(F)(F)F. The van der Waals surface area contributed by atoms with Gasteiger partial charge in [-0.2, -0.15) is 13.2 Å². The lowest BCUT2D eigenvalue weighted by Gasteiger charge is -2.23. The first-order valence-electron chi connectivity index (χ1n) is 6.80. The molecule has 1 aromatic rings. The maximum Gasteiger partial charge on any atom is 0.405 e. The molecule has 2 rings (SSSR count). The second-order valence-corrected chi connectivity index (χ2v) is 6.09. The lowest BCUT2D eigenvalue weighted by molar-refractivity contribution is -0.151. The van der Waals surface area contributed by atoms with Gasteiger partial charge in [0.2, 0.25) is 5.91 Å². The molecule has 0 saturated heterocycles. The highest BCUT2D eigenvalue weighted by molar-refractivity contribution is 8.01. The number of esters is 1. The normalized spacial score (nSPS) is 16.8. The number of benzene rings is 1. The number of para-hydroxylation sites is 1. The summed E-state index contributed by atoms with van der Waals surface area (Å²) in [6, 6.07) is 7.04. The molecule has 1 heterocycles. The average molecular weight is 362 g/mol. The predicted octanol–water partition coefficient (Wildman–Crippen LogP) is 1.71. The van der Waals surface area contributed by atoms with Gasteiger partial charge in [0.15, 0.2) is 6.61 Å². The Hall–Kier alpha value is -2.23. The summed E-state index contributed by atoms with van der Waals surface area (Å²) in [5, 5.41) is 3.49. The van der Waals surface area contributed by atoms with Crippen molar-refractivity contribution in [1.82, 2.24) is 5.32 Å². The molecule has 10 heteroatoms. The highest BCUT2D eigenvalue weighted by Crippen LogP contribution is 2.36. The minimum Gasteiger partial charge on any atom is -0.456 e. The molecule has 0 saturated carbocycles. The van der Waals surface area contributed by atoms with Crippen LogP contribution in [0.5, 0.6) is 0 Å². The highest BCUT2D eigenvalue weighted by atomic mass is 32.2. The zero-order valence-electron chi connectivity index (χ0n) is 12.2. The van der Waals surface area contributed by atoms with Crippen LogP contribution in [0, 0.1) is 0 Å². The van der Waals surface area contributed by atoms with Crippen LogP contribution in [0.25, 0.3) is 0 Å². The molecule has 0 aromatic heterocycles. The summed E-state index contributed by atoms with van der Waals surface area (Å²) in [5.74, 6) is -2.28. The Balaban J connectivity index is 1.79. The highest BCUT2D eigenvalue weighted by Gasteiger charge is 2.30. The topological polar surface area (TPSA) is 84.5 Å². The minimum absolute atomic E-state index is 0.294. The van der Waals surface area contributed by atoms with E-state index in [4.69, 9.17) is 0 Å². The molecule has 1 atom stereocenters. The summed E-state index contributed by atoms with van der Waals surface area (Å²) in [6.45, 7) is -2.33. The van der Waals surface area contributed by atoms with E-state index in [1.54, 1.807) is 29.6 Å². The standard InChI is InChI=1S/C14H13F3N2O4S/c15-14(16,17)7-18-11(20)6-23-12(21)5-10-13(22)19-8-3-1-2-4-9(8)24-10/h1-4,10H,5-7H2,(H,18,20)(H,19,22)/t10-/m1/s1. The molecule has 1 aliphatic heterocycles. The Morgan fingerprint density at radius 1 is 1.29 bits per heavy atom. The molecule has 1 aromatic carbocycles. The first kappa shape index (κ1) is 18.1. The number of halogens is 3. The van der Waals surface area contributed by atoms with Gasteiger partial charge >= 0.3 is 12.1 Å². The summed E-state index contributed by atoms with van der Waals surface area (Å²) >= 11 is 1.18. The number of carbonyl (C=O) groups is 3. The van der Waals surface area contributed by atoms with E-state index in [-0.39, 0.29) is 12.3 Å². The van der Waals surface area contributed by atoms with Crippen LogP contribution in [0.1, 0.15) is 6.42 Å². The summed E-state index contributed by atoms with van der Waals surface area (Å²) in [6.07, 6.45) is -4.83. The molecule has 0 unspecified atom stereocenters. The van der Waals surface area contributed by atoms with Crippen LogP contribution in [-0.2, 0) is 19.1 Å². The number of ether oxygens (including phenoxy) is 1. The van der Waals surface area contributed by atoms with Crippen molar-refractivity contribution in [1.29, 1.82) is 0 Å². The van der Waals surface area contributed by atoms with Gasteiger partial charge < -0.3 is 15.4 Å². The van der Waals surface area contributed by atoms with Crippen molar-refractivity contribution in [3.63, 3.8) is 0 Å². The van der Waals surface area contributed by atoms with E-state index in [1.165, 1.54) is 11.8 Å². The van der Waals surface area contributed by atoms with E-state index in [0.29, 0.717) is 5.69 Å². The van der Waals surface area contributed by atoms with Crippen LogP contribution >= 0.6 is 11.8 Å². The molecular weight excluding hydrogens is 349 g/mol. The Morgan fingerprint density at radius 3 is 2.71 bits per heavy atom. The number of rotatable bonds is 5. The maximum absolute atomic E-state index is 11.9. The zero-order valence-corrected chi connectivity index (χ0v) is 13.0. The third kappa shape index (κ3) is 5.44. The molecule has 0 radical (unpaired) electrons. The molecule has 130 valence electrons. The van der Waals surface area contributed by atoms with E-state index in [0.717, 1.165) is 4.90 Å². The van der Waals surface area contributed by atoms with Crippen molar-refractivity contribution in [2.75, 3.05) is 18.5 Å². The largest absolute Gasteiger partial charge is 0.456 e. The van der Waals surface area contributed by atoms with E-state index >= 15 is 0 Å². The molecule has 2 amide bonds. The minimum atomic E-state index is -4.54. The van der Waals surface area contributed by atoms with Crippen LogP contribution in [0.3, 0.4) is 0 Å². The van der Waals surface area contributed by atoms with Gasteiger partial charge in [0, 0.05) is 4.90 Å². The van der Waals surface area contributed by atoms with Crippen LogP contribution in [0.2, 0.25) is 0 Å². The molecule has 6 nitrogen and oxygen atoms in total. The Morgan fingerprint density at radius 2 is 2.00 bits per heavy atom. The smallest absolute Gasteiger partial charge is 0.405 e. The summed E-state index contributed by atoms with van der Waals surface area (Å²) < 4.78 is 40.4. The number of fused-ring (bicyclic) bond motifs is 1. The van der Waals surface area contributed by atoms with Crippen LogP contribution < -0.4 is 10.6 Å². The predicted molar refractivity (Wildman–Crippen MR) is 79.4 cm³/mol. The number of alkyl halides is 3. The van der Waals surface area contributed by atoms with E-state index in [2.05, 4.69) is 10.1 Å². The van der Waals surface area contributed by atoms with Gasteiger partial charge in [-0.3, -0.25) is 14.4 Å². The maximum atomic E-state index is 11.9. The lowest BCUT2D eigenvalue weighted by Crippen LogP contribution is -2.37.